The monoisotopic (exact) mass is 637 g/mol. The van der Waals surface area contributed by atoms with Crippen molar-refractivity contribution in [3.05, 3.63) is 93.2 Å². The molecule has 0 fully saturated rings. The zero-order chi connectivity index (χ0) is 34.9. The Bertz CT molecular complexity index is 1070. The van der Waals surface area contributed by atoms with E-state index in [4.69, 9.17) is 9.47 Å². The lowest BCUT2D eigenvalue weighted by Crippen LogP contribution is -2.30. The molecular formula is C43H72O3. The van der Waals surface area contributed by atoms with Crippen molar-refractivity contribution in [2.75, 3.05) is 13.2 Å². The third-order valence-corrected chi connectivity index (χ3v) is 7.77. The summed E-state index contributed by atoms with van der Waals surface area (Å²) in [4.78, 5) is 0. The minimum absolute atomic E-state index is 0.0558. The second-order valence-corrected chi connectivity index (χ2v) is 14.2. The van der Waals surface area contributed by atoms with Gasteiger partial charge in [-0.25, -0.2) is 0 Å². The molecule has 0 saturated carbocycles. The zero-order valence-corrected chi connectivity index (χ0v) is 32.1. The highest BCUT2D eigenvalue weighted by Crippen LogP contribution is 2.19. The number of allylic oxidation sites excluding steroid dienone is 12. The maximum absolute atomic E-state index is 10.4. The van der Waals surface area contributed by atoms with Gasteiger partial charge < -0.3 is 14.6 Å². The number of rotatable bonds is 24. The summed E-state index contributed by atoms with van der Waals surface area (Å²) in [5, 5.41) is 10.4. The molecule has 0 aliphatic heterocycles. The molecule has 0 amide bonds. The van der Waals surface area contributed by atoms with Crippen LogP contribution in [0.5, 0.6) is 0 Å². The van der Waals surface area contributed by atoms with Crippen LogP contribution in [0.4, 0.5) is 0 Å². The predicted molar refractivity (Wildman–Crippen MR) is 204 cm³/mol. The zero-order valence-electron chi connectivity index (χ0n) is 32.1. The lowest BCUT2D eigenvalue weighted by atomic mass is 10.0. The van der Waals surface area contributed by atoms with E-state index in [-0.39, 0.29) is 18.8 Å². The maximum atomic E-state index is 10.4. The van der Waals surface area contributed by atoms with Crippen LogP contribution in [0.15, 0.2) is 93.2 Å². The van der Waals surface area contributed by atoms with Crippen molar-refractivity contribution < 1.29 is 14.6 Å². The van der Waals surface area contributed by atoms with Gasteiger partial charge in [0.2, 0.25) is 0 Å². The highest BCUT2D eigenvalue weighted by atomic mass is 16.5. The van der Waals surface area contributed by atoms with Gasteiger partial charge in [-0.15, -0.1) is 0 Å². The molecule has 0 bridgehead atoms. The third kappa shape index (κ3) is 27.0. The van der Waals surface area contributed by atoms with Crippen LogP contribution in [0.3, 0.4) is 0 Å². The molecule has 0 aromatic carbocycles. The van der Waals surface area contributed by atoms with E-state index in [0.717, 1.165) is 64.2 Å². The molecule has 0 aliphatic rings. The van der Waals surface area contributed by atoms with Gasteiger partial charge in [-0.05, 0) is 147 Å². The molecule has 3 nitrogen and oxygen atoms in total. The van der Waals surface area contributed by atoms with Gasteiger partial charge in [0, 0.05) is 0 Å². The Labute approximate surface area is 286 Å². The van der Waals surface area contributed by atoms with E-state index in [1.165, 1.54) is 44.6 Å². The van der Waals surface area contributed by atoms with E-state index in [2.05, 4.69) is 132 Å². The van der Waals surface area contributed by atoms with Crippen LogP contribution in [0.25, 0.3) is 0 Å². The quantitative estimate of drug-likeness (QED) is 0.107. The molecule has 1 N–H and O–H groups in total. The number of ether oxygens (including phenoxy) is 2. The molecule has 3 unspecified atom stereocenters. The summed E-state index contributed by atoms with van der Waals surface area (Å²) in [6.07, 6.45) is 27.7. The lowest BCUT2D eigenvalue weighted by molar-refractivity contribution is -0.0728. The lowest BCUT2D eigenvalue weighted by Gasteiger charge is -2.24. The molecule has 0 aliphatic carbocycles. The molecule has 46 heavy (non-hydrogen) atoms. The van der Waals surface area contributed by atoms with Crippen molar-refractivity contribution in [3.63, 3.8) is 0 Å². The van der Waals surface area contributed by atoms with Gasteiger partial charge in [-0.2, -0.15) is 0 Å². The van der Waals surface area contributed by atoms with Crippen molar-refractivity contribution in [1.82, 2.24) is 0 Å². The van der Waals surface area contributed by atoms with E-state index in [1.807, 2.05) is 0 Å². The molecule has 0 saturated heterocycles. The van der Waals surface area contributed by atoms with E-state index in [1.54, 1.807) is 0 Å². The van der Waals surface area contributed by atoms with Crippen LogP contribution in [0.2, 0.25) is 0 Å². The van der Waals surface area contributed by atoms with E-state index in [9.17, 15) is 5.11 Å². The van der Waals surface area contributed by atoms with Gasteiger partial charge in [-0.1, -0.05) is 93.2 Å². The summed E-state index contributed by atoms with van der Waals surface area (Å²) < 4.78 is 13.1. The molecule has 262 valence electrons. The number of hydrogen-bond donors (Lipinski definition) is 1. The maximum Gasteiger partial charge on any atom is 0.105 e. The minimum Gasteiger partial charge on any atom is -0.394 e. The van der Waals surface area contributed by atoms with Gasteiger partial charge in [-0.3, -0.25) is 0 Å². The van der Waals surface area contributed by atoms with Crippen LogP contribution in [0, 0.1) is 0 Å². The molecular weight excluding hydrogens is 564 g/mol. The minimum atomic E-state index is -0.393. The summed E-state index contributed by atoms with van der Waals surface area (Å²) in [6.45, 7) is 26.3. The molecule has 0 aromatic heterocycles. The molecule has 3 heteroatoms. The van der Waals surface area contributed by atoms with Gasteiger partial charge in [0.1, 0.15) is 6.10 Å². The Kier molecular flexibility index (Phi) is 25.5. The second-order valence-electron chi connectivity index (χ2n) is 14.2. The van der Waals surface area contributed by atoms with E-state index < -0.39 is 6.10 Å². The highest BCUT2D eigenvalue weighted by molar-refractivity contribution is 5.11. The van der Waals surface area contributed by atoms with Crippen molar-refractivity contribution in [2.24, 2.45) is 0 Å². The molecule has 0 heterocycles. The van der Waals surface area contributed by atoms with Gasteiger partial charge in [0.15, 0.2) is 0 Å². The molecule has 0 spiro atoms. The topological polar surface area (TPSA) is 38.7 Å². The van der Waals surface area contributed by atoms with Crippen LogP contribution in [-0.4, -0.2) is 36.6 Å². The largest absolute Gasteiger partial charge is 0.394 e. The van der Waals surface area contributed by atoms with Gasteiger partial charge in [0.05, 0.1) is 25.4 Å². The van der Waals surface area contributed by atoms with Crippen LogP contribution >= 0.6 is 0 Å². The summed E-state index contributed by atoms with van der Waals surface area (Å²) in [6, 6.07) is 0. The van der Waals surface area contributed by atoms with Crippen molar-refractivity contribution >= 4 is 0 Å². The Morgan fingerprint density at radius 1 is 0.478 bits per heavy atom. The third-order valence-electron chi connectivity index (χ3n) is 7.77. The predicted octanol–water partition coefficient (Wildman–Crippen LogP) is 12.7. The Balaban J connectivity index is 5.80. The first-order valence-corrected chi connectivity index (χ1v) is 17.8. The Hall–Kier alpha value is -2.20. The molecule has 0 radical (unpaired) electrons. The van der Waals surface area contributed by atoms with Crippen LogP contribution in [0.1, 0.15) is 147 Å². The Morgan fingerprint density at radius 3 is 1.20 bits per heavy atom. The fourth-order valence-corrected chi connectivity index (χ4v) is 4.95. The summed E-state index contributed by atoms with van der Waals surface area (Å²) in [5.41, 5.74) is 10.8. The first-order valence-electron chi connectivity index (χ1n) is 17.8. The van der Waals surface area contributed by atoms with E-state index >= 15 is 0 Å². The first kappa shape index (κ1) is 43.8. The average molecular weight is 637 g/mol. The average Bonchev–Trinajstić information content (AvgIpc) is 2.95. The number of aliphatic hydroxyl groups excluding tert-OH is 1. The SMILES string of the molecule is CC(C)=CCC/C(C)=C/CC(/C=C(\C)CCC=C(C)C)OCC(CO)OC(/C=C(\C)CCC=C(C)C)C/C=C(\C)CCC=C(C)C. The van der Waals surface area contributed by atoms with Crippen LogP contribution < -0.4 is 0 Å². The van der Waals surface area contributed by atoms with E-state index in [0.29, 0.717) is 6.61 Å². The Morgan fingerprint density at radius 2 is 0.826 bits per heavy atom. The smallest absolute Gasteiger partial charge is 0.105 e. The fourth-order valence-electron chi connectivity index (χ4n) is 4.95. The molecule has 0 rings (SSSR count). The fraction of sp³-hybridized carbons (Fsp3) is 0.628. The second kappa shape index (κ2) is 26.8. The van der Waals surface area contributed by atoms with Crippen molar-refractivity contribution in [2.45, 2.75) is 166 Å². The summed E-state index contributed by atoms with van der Waals surface area (Å²) >= 11 is 0. The molecule has 0 aromatic rings. The number of hydrogen-bond acceptors (Lipinski definition) is 3. The number of aliphatic hydroxyl groups is 1. The van der Waals surface area contributed by atoms with Crippen molar-refractivity contribution in [1.29, 1.82) is 0 Å². The normalized spacial score (nSPS) is 14.8. The first-order chi connectivity index (χ1) is 21.7. The van der Waals surface area contributed by atoms with Gasteiger partial charge in [0.25, 0.3) is 0 Å². The summed E-state index contributed by atoms with van der Waals surface area (Å²) in [7, 11) is 0. The summed E-state index contributed by atoms with van der Waals surface area (Å²) in [5.74, 6) is 0. The highest BCUT2D eigenvalue weighted by Gasteiger charge is 2.17. The van der Waals surface area contributed by atoms with Crippen molar-refractivity contribution in [3.8, 4) is 0 Å². The van der Waals surface area contributed by atoms with Gasteiger partial charge >= 0.3 is 0 Å². The standard InChI is InChI=1S/C43H72O3/c1-33(2)17-13-21-37(9)25-27-41(29-39(11)23-15-19-35(5)6)45-32-43(31-44)46-42(30-40(12)24-16-20-36(7)8)28-26-38(10)22-14-18-34(3)4/h17-20,25-26,29-30,41-44H,13-16,21-24,27-28,31-32H2,1-12H3/b37-25+,38-26+,39-29+,40-30+. The van der Waals surface area contributed by atoms with Crippen LogP contribution in [-0.2, 0) is 9.47 Å². The molecule has 3 atom stereocenters.